The van der Waals surface area contributed by atoms with Crippen molar-refractivity contribution in [2.24, 2.45) is 0 Å². The van der Waals surface area contributed by atoms with Crippen LogP contribution < -0.4 is 5.32 Å². The van der Waals surface area contributed by atoms with E-state index in [1.54, 1.807) is 0 Å². The number of allylic oxidation sites excluding steroid dienone is 3. The molecule has 0 spiro atoms. The van der Waals surface area contributed by atoms with Gasteiger partial charge in [0.2, 0.25) is 0 Å². The molecule has 1 aromatic carbocycles. The second kappa shape index (κ2) is 5.77. The van der Waals surface area contributed by atoms with Crippen LogP contribution in [-0.2, 0) is 0 Å². The zero-order valence-electron chi connectivity index (χ0n) is 9.91. The smallest absolute Gasteiger partial charge is 0.0991 e. The van der Waals surface area contributed by atoms with E-state index in [0.29, 0.717) is 5.56 Å². The van der Waals surface area contributed by atoms with Gasteiger partial charge in [-0.1, -0.05) is 23.8 Å². The molecule has 0 bridgehead atoms. The van der Waals surface area contributed by atoms with Crippen LogP contribution in [0, 0.1) is 11.3 Å². The largest absolute Gasteiger partial charge is 0.393 e. The van der Waals surface area contributed by atoms with Gasteiger partial charge in [-0.2, -0.15) is 5.26 Å². The maximum Gasteiger partial charge on any atom is 0.0991 e. The molecule has 0 saturated heterocycles. The van der Waals surface area contributed by atoms with Crippen molar-refractivity contribution < 1.29 is 0 Å². The SMILES string of the molecule is CN/C=C(\C=C(C)C)c1cccc(C#N)c1. The summed E-state index contributed by atoms with van der Waals surface area (Å²) >= 11 is 0. The van der Waals surface area contributed by atoms with Crippen molar-refractivity contribution in [2.45, 2.75) is 13.8 Å². The van der Waals surface area contributed by atoms with Crippen LogP contribution in [0.3, 0.4) is 0 Å². The second-order valence-electron chi connectivity index (χ2n) is 3.80. The average molecular weight is 212 g/mol. The Bertz CT molecular complexity index is 458. The zero-order valence-corrected chi connectivity index (χ0v) is 9.91. The molecule has 0 aliphatic carbocycles. The van der Waals surface area contributed by atoms with Crippen LogP contribution in [0.15, 0.2) is 42.1 Å². The normalized spacial score (nSPS) is 10.5. The molecule has 0 atom stereocenters. The molecule has 0 saturated carbocycles. The number of hydrogen-bond donors (Lipinski definition) is 1. The summed E-state index contributed by atoms with van der Waals surface area (Å²) in [7, 11) is 1.87. The molecule has 1 aromatic rings. The first-order valence-corrected chi connectivity index (χ1v) is 5.20. The van der Waals surface area contributed by atoms with Crippen molar-refractivity contribution in [3.63, 3.8) is 0 Å². The molecule has 1 rings (SSSR count). The van der Waals surface area contributed by atoms with E-state index >= 15 is 0 Å². The van der Waals surface area contributed by atoms with Crippen LogP contribution >= 0.6 is 0 Å². The zero-order chi connectivity index (χ0) is 12.0. The molecule has 1 N–H and O–H groups in total. The van der Waals surface area contributed by atoms with Crippen LogP contribution in [0.1, 0.15) is 25.0 Å². The second-order valence-corrected chi connectivity index (χ2v) is 3.80. The topological polar surface area (TPSA) is 35.8 Å². The van der Waals surface area contributed by atoms with E-state index in [1.807, 2.05) is 37.5 Å². The van der Waals surface area contributed by atoms with Gasteiger partial charge in [0.1, 0.15) is 0 Å². The lowest BCUT2D eigenvalue weighted by Crippen LogP contribution is -1.95. The lowest BCUT2D eigenvalue weighted by atomic mass is 10.0. The third kappa shape index (κ3) is 3.29. The van der Waals surface area contributed by atoms with Crippen molar-refractivity contribution in [1.82, 2.24) is 5.32 Å². The number of hydrogen-bond acceptors (Lipinski definition) is 2. The fraction of sp³-hybridized carbons (Fsp3) is 0.214. The molecule has 0 aliphatic heterocycles. The summed E-state index contributed by atoms with van der Waals surface area (Å²) in [6, 6.07) is 9.75. The predicted molar refractivity (Wildman–Crippen MR) is 67.6 cm³/mol. The number of rotatable bonds is 3. The lowest BCUT2D eigenvalue weighted by Gasteiger charge is -2.04. The predicted octanol–water partition coefficient (Wildman–Crippen LogP) is 3.08. The highest BCUT2D eigenvalue weighted by atomic mass is 14.8. The standard InChI is InChI=1S/C14H16N2/c1-11(2)7-14(10-16-3)13-6-4-5-12(8-13)9-15/h4-8,10,16H,1-3H3/b14-10+. The van der Waals surface area contributed by atoms with Crippen LogP contribution in [0.25, 0.3) is 5.57 Å². The van der Waals surface area contributed by atoms with Crippen LogP contribution in [-0.4, -0.2) is 7.05 Å². The number of nitrogens with one attached hydrogen (secondary N) is 1. The fourth-order valence-electron chi connectivity index (χ4n) is 1.44. The quantitative estimate of drug-likeness (QED) is 0.781. The molecule has 82 valence electrons. The Morgan fingerprint density at radius 2 is 2.12 bits per heavy atom. The number of nitriles is 1. The summed E-state index contributed by atoms with van der Waals surface area (Å²) < 4.78 is 0. The Morgan fingerprint density at radius 3 is 2.69 bits per heavy atom. The van der Waals surface area contributed by atoms with Crippen LogP contribution in [0.2, 0.25) is 0 Å². The molecule has 2 heteroatoms. The van der Waals surface area contributed by atoms with Gasteiger partial charge in [-0.25, -0.2) is 0 Å². The molecule has 2 nitrogen and oxygen atoms in total. The molecule has 0 aliphatic rings. The number of nitrogens with zero attached hydrogens (tertiary/aromatic N) is 1. The van der Waals surface area contributed by atoms with Crippen molar-refractivity contribution >= 4 is 5.57 Å². The molecular weight excluding hydrogens is 196 g/mol. The molecule has 0 heterocycles. The van der Waals surface area contributed by atoms with E-state index in [1.165, 1.54) is 5.57 Å². The summed E-state index contributed by atoms with van der Waals surface area (Å²) in [4.78, 5) is 0. The van der Waals surface area contributed by atoms with Gasteiger partial charge in [-0.15, -0.1) is 0 Å². The van der Waals surface area contributed by atoms with Crippen molar-refractivity contribution in [3.8, 4) is 6.07 Å². The highest BCUT2D eigenvalue weighted by molar-refractivity contribution is 5.74. The Labute approximate surface area is 96.9 Å². The highest BCUT2D eigenvalue weighted by Crippen LogP contribution is 2.18. The lowest BCUT2D eigenvalue weighted by molar-refractivity contribution is 1.11. The highest BCUT2D eigenvalue weighted by Gasteiger charge is 1.99. The van der Waals surface area contributed by atoms with Gasteiger partial charge in [0.15, 0.2) is 0 Å². The van der Waals surface area contributed by atoms with Crippen LogP contribution in [0.4, 0.5) is 0 Å². The van der Waals surface area contributed by atoms with Gasteiger partial charge in [0, 0.05) is 13.2 Å². The van der Waals surface area contributed by atoms with E-state index in [9.17, 15) is 0 Å². The van der Waals surface area contributed by atoms with Crippen LogP contribution in [0.5, 0.6) is 0 Å². The van der Waals surface area contributed by atoms with E-state index in [-0.39, 0.29) is 0 Å². The summed E-state index contributed by atoms with van der Waals surface area (Å²) in [5.74, 6) is 0. The first kappa shape index (κ1) is 12.1. The average Bonchev–Trinajstić information content (AvgIpc) is 2.28. The van der Waals surface area contributed by atoms with E-state index in [4.69, 9.17) is 5.26 Å². The van der Waals surface area contributed by atoms with E-state index in [0.717, 1.165) is 11.1 Å². The molecule has 0 unspecified atom stereocenters. The van der Waals surface area contributed by atoms with Crippen molar-refractivity contribution in [3.05, 3.63) is 53.2 Å². The summed E-state index contributed by atoms with van der Waals surface area (Å²) in [6.07, 6.45) is 4.02. The molecule has 16 heavy (non-hydrogen) atoms. The Balaban J connectivity index is 3.17. The summed E-state index contributed by atoms with van der Waals surface area (Å²) in [6.45, 7) is 4.11. The van der Waals surface area contributed by atoms with Gasteiger partial charge < -0.3 is 5.32 Å². The molecular formula is C14H16N2. The minimum atomic E-state index is 0.682. The maximum atomic E-state index is 8.86. The fourth-order valence-corrected chi connectivity index (χ4v) is 1.44. The maximum absolute atomic E-state index is 8.86. The third-order valence-corrected chi connectivity index (χ3v) is 2.07. The monoisotopic (exact) mass is 212 g/mol. The molecule has 0 fully saturated rings. The first-order chi connectivity index (χ1) is 7.67. The van der Waals surface area contributed by atoms with Gasteiger partial charge >= 0.3 is 0 Å². The van der Waals surface area contributed by atoms with Gasteiger partial charge in [-0.3, -0.25) is 0 Å². The Morgan fingerprint density at radius 1 is 1.38 bits per heavy atom. The molecule has 0 aromatic heterocycles. The van der Waals surface area contributed by atoms with E-state index in [2.05, 4.69) is 31.3 Å². The van der Waals surface area contributed by atoms with Gasteiger partial charge in [0.05, 0.1) is 11.6 Å². The minimum Gasteiger partial charge on any atom is -0.393 e. The van der Waals surface area contributed by atoms with Crippen molar-refractivity contribution in [1.29, 1.82) is 5.26 Å². The minimum absolute atomic E-state index is 0.682. The Kier molecular flexibility index (Phi) is 4.35. The first-order valence-electron chi connectivity index (χ1n) is 5.20. The van der Waals surface area contributed by atoms with Crippen molar-refractivity contribution in [2.75, 3.05) is 7.05 Å². The molecule has 0 amide bonds. The van der Waals surface area contributed by atoms with Gasteiger partial charge in [0.25, 0.3) is 0 Å². The third-order valence-electron chi connectivity index (χ3n) is 2.07. The van der Waals surface area contributed by atoms with Gasteiger partial charge in [-0.05, 0) is 37.1 Å². The summed E-state index contributed by atoms with van der Waals surface area (Å²) in [5.41, 5.74) is 4.04. The Hall–Kier alpha value is -2.01. The van der Waals surface area contributed by atoms with E-state index < -0.39 is 0 Å². The summed E-state index contributed by atoms with van der Waals surface area (Å²) in [5, 5.41) is 11.9. The molecule has 0 radical (unpaired) electrons. The number of benzene rings is 1.